The molecule has 0 unspecified atom stereocenters. The van der Waals surface area contributed by atoms with Gasteiger partial charge in [0.05, 0.1) is 5.69 Å². The highest BCUT2D eigenvalue weighted by Gasteiger charge is 2.07. The summed E-state index contributed by atoms with van der Waals surface area (Å²) in [7, 11) is 0. The minimum Gasteiger partial charge on any atom is -0.233 e. The molecule has 0 aliphatic heterocycles. The molecule has 76 valence electrons. The molecule has 0 atom stereocenters. The quantitative estimate of drug-likeness (QED) is 0.740. The number of hydrogen-bond donors (Lipinski definition) is 0. The number of rotatable bonds is 1. The van der Waals surface area contributed by atoms with E-state index in [9.17, 15) is 4.39 Å². The van der Waals surface area contributed by atoms with E-state index < -0.39 is 0 Å². The second-order valence-corrected chi connectivity index (χ2v) is 3.92. The molecule has 0 radical (unpaired) electrons. The number of aryl methyl sites for hydroxylation is 1. The lowest BCUT2D eigenvalue weighted by Gasteiger charge is -2.03. The van der Waals surface area contributed by atoms with Crippen molar-refractivity contribution < 1.29 is 4.39 Å². The van der Waals surface area contributed by atoms with Crippen LogP contribution in [0, 0.1) is 12.7 Å². The summed E-state index contributed by atoms with van der Waals surface area (Å²) < 4.78 is 14.1. The first kappa shape index (κ1) is 10.2. The molecule has 0 aliphatic rings. The largest absolute Gasteiger partial charge is 0.233 e. The van der Waals surface area contributed by atoms with E-state index in [1.54, 1.807) is 31.2 Å². The highest BCUT2D eigenvalue weighted by atomic mass is 79.9. The van der Waals surface area contributed by atoms with Crippen LogP contribution in [0.3, 0.4) is 0 Å². The van der Waals surface area contributed by atoms with Crippen LogP contribution in [-0.4, -0.2) is 9.97 Å². The molecule has 0 amide bonds. The smallest absolute Gasteiger partial charge is 0.132 e. The zero-order chi connectivity index (χ0) is 10.8. The number of halogens is 2. The van der Waals surface area contributed by atoms with Crippen molar-refractivity contribution in [3.05, 3.63) is 46.6 Å². The fraction of sp³-hybridized carbons (Fsp3) is 0.0909. The molecule has 0 saturated carbocycles. The van der Waals surface area contributed by atoms with Crippen molar-refractivity contribution in [3.63, 3.8) is 0 Å². The monoisotopic (exact) mass is 266 g/mol. The van der Waals surface area contributed by atoms with Crippen LogP contribution < -0.4 is 0 Å². The van der Waals surface area contributed by atoms with Crippen LogP contribution >= 0.6 is 15.9 Å². The third-order valence-electron chi connectivity index (χ3n) is 1.96. The molecule has 1 aromatic carbocycles. The van der Waals surface area contributed by atoms with Gasteiger partial charge in [0, 0.05) is 5.56 Å². The molecule has 15 heavy (non-hydrogen) atoms. The van der Waals surface area contributed by atoms with Gasteiger partial charge in [-0.15, -0.1) is 0 Å². The van der Waals surface area contributed by atoms with E-state index in [4.69, 9.17) is 0 Å². The standard InChI is InChI=1S/C11H8BrFN2/c1-7-14-10(6-11(12)15-7)8-4-2-3-5-9(8)13/h2-6H,1H3. The van der Waals surface area contributed by atoms with Gasteiger partial charge in [0.15, 0.2) is 0 Å². The van der Waals surface area contributed by atoms with Gasteiger partial charge < -0.3 is 0 Å². The first-order valence-corrected chi connectivity index (χ1v) is 5.22. The Morgan fingerprint density at radius 1 is 1.20 bits per heavy atom. The molecule has 0 spiro atoms. The summed E-state index contributed by atoms with van der Waals surface area (Å²) in [6, 6.07) is 8.25. The van der Waals surface area contributed by atoms with E-state index >= 15 is 0 Å². The van der Waals surface area contributed by atoms with Gasteiger partial charge in [-0.1, -0.05) is 12.1 Å². The first-order valence-electron chi connectivity index (χ1n) is 4.43. The number of benzene rings is 1. The van der Waals surface area contributed by atoms with Crippen LogP contribution in [-0.2, 0) is 0 Å². The molecule has 1 heterocycles. The van der Waals surface area contributed by atoms with Gasteiger partial charge in [0.1, 0.15) is 16.2 Å². The molecule has 1 aromatic heterocycles. The van der Waals surface area contributed by atoms with Crippen LogP contribution in [0.15, 0.2) is 34.9 Å². The first-order chi connectivity index (χ1) is 7.16. The molecule has 0 saturated heterocycles. The second kappa shape index (κ2) is 4.06. The van der Waals surface area contributed by atoms with Crippen LogP contribution in [0.4, 0.5) is 4.39 Å². The Hall–Kier alpha value is -1.29. The summed E-state index contributed by atoms with van der Waals surface area (Å²) in [5.74, 6) is 0.338. The maximum atomic E-state index is 13.5. The van der Waals surface area contributed by atoms with E-state index in [0.717, 1.165) is 0 Å². The van der Waals surface area contributed by atoms with Crippen molar-refractivity contribution >= 4 is 15.9 Å². The van der Waals surface area contributed by atoms with Gasteiger partial charge >= 0.3 is 0 Å². The average Bonchev–Trinajstić information content (AvgIpc) is 2.16. The summed E-state index contributed by atoms with van der Waals surface area (Å²) in [6.45, 7) is 1.77. The molecule has 2 rings (SSSR count). The third kappa shape index (κ3) is 2.21. The van der Waals surface area contributed by atoms with E-state index in [-0.39, 0.29) is 5.82 Å². The maximum absolute atomic E-state index is 13.5. The SMILES string of the molecule is Cc1nc(Br)cc(-c2ccccc2F)n1. The highest BCUT2D eigenvalue weighted by molar-refractivity contribution is 9.10. The zero-order valence-electron chi connectivity index (χ0n) is 8.04. The minimum absolute atomic E-state index is 0.275. The molecule has 0 bridgehead atoms. The predicted octanol–water partition coefficient (Wildman–Crippen LogP) is 3.35. The minimum atomic E-state index is -0.275. The van der Waals surface area contributed by atoms with Crippen molar-refractivity contribution in [1.29, 1.82) is 0 Å². The van der Waals surface area contributed by atoms with Crippen molar-refractivity contribution in [2.75, 3.05) is 0 Å². The van der Waals surface area contributed by atoms with E-state index in [1.807, 2.05) is 0 Å². The molecule has 0 fully saturated rings. The fourth-order valence-electron chi connectivity index (χ4n) is 1.34. The van der Waals surface area contributed by atoms with E-state index in [0.29, 0.717) is 21.7 Å². The van der Waals surface area contributed by atoms with E-state index in [1.165, 1.54) is 6.07 Å². The summed E-state index contributed by atoms with van der Waals surface area (Å²) >= 11 is 3.26. The Kier molecular flexibility index (Phi) is 2.77. The van der Waals surface area contributed by atoms with Gasteiger partial charge in [0.2, 0.25) is 0 Å². The third-order valence-corrected chi connectivity index (χ3v) is 2.36. The lowest BCUT2D eigenvalue weighted by atomic mass is 10.1. The van der Waals surface area contributed by atoms with Crippen molar-refractivity contribution in [2.24, 2.45) is 0 Å². The van der Waals surface area contributed by atoms with E-state index in [2.05, 4.69) is 25.9 Å². The molecule has 2 aromatic rings. The molecule has 0 N–H and O–H groups in total. The Balaban J connectivity index is 2.59. The average molecular weight is 267 g/mol. The predicted molar refractivity (Wildman–Crippen MR) is 59.9 cm³/mol. The molecule has 2 nitrogen and oxygen atoms in total. The number of aromatic nitrogens is 2. The maximum Gasteiger partial charge on any atom is 0.132 e. The Bertz CT molecular complexity index is 479. The van der Waals surface area contributed by atoms with Gasteiger partial charge in [0.25, 0.3) is 0 Å². The summed E-state index contributed by atoms with van der Waals surface area (Å²) in [5, 5.41) is 0. The normalized spacial score (nSPS) is 10.3. The molecular weight excluding hydrogens is 259 g/mol. The van der Waals surface area contributed by atoms with Crippen molar-refractivity contribution in [1.82, 2.24) is 9.97 Å². The number of hydrogen-bond acceptors (Lipinski definition) is 2. The zero-order valence-corrected chi connectivity index (χ0v) is 9.62. The van der Waals surface area contributed by atoms with Crippen LogP contribution in [0.1, 0.15) is 5.82 Å². The summed E-state index contributed by atoms with van der Waals surface area (Å²) in [5.41, 5.74) is 1.08. The van der Waals surface area contributed by atoms with Gasteiger partial charge in [-0.2, -0.15) is 0 Å². The van der Waals surface area contributed by atoms with Crippen molar-refractivity contribution in [2.45, 2.75) is 6.92 Å². The van der Waals surface area contributed by atoms with Gasteiger partial charge in [-0.05, 0) is 41.1 Å². The van der Waals surface area contributed by atoms with Crippen molar-refractivity contribution in [3.8, 4) is 11.3 Å². The second-order valence-electron chi connectivity index (χ2n) is 3.10. The van der Waals surface area contributed by atoms with Gasteiger partial charge in [-0.3, -0.25) is 0 Å². The molecular formula is C11H8BrFN2. The Morgan fingerprint density at radius 2 is 1.93 bits per heavy atom. The molecule has 4 heteroatoms. The molecule has 0 aliphatic carbocycles. The van der Waals surface area contributed by atoms with Crippen LogP contribution in [0.2, 0.25) is 0 Å². The fourth-order valence-corrected chi connectivity index (χ4v) is 1.81. The van der Waals surface area contributed by atoms with Crippen LogP contribution in [0.25, 0.3) is 11.3 Å². The summed E-state index contributed by atoms with van der Waals surface area (Å²) in [4.78, 5) is 8.26. The summed E-state index contributed by atoms with van der Waals surface area (Å²) in [6.07, 6.45) is 0. The number of nitrogens with zero attached hydrogens (tertiary/aromatic N) is 2. The van der Waals surface area contributed by atoms with Crippen LogP contribution in [0.5, 0.6) is 0 Å². The lowest BCUT2D eigenvalue weighted by Crippen LogP contribution is -1.93. The Morgan fingerprint density at radius 3 is 2.60 bits per heavy atom. The topological polar surface area (TPSA) is 25.8 Å². The highest BCUT2D eigenvalue weighted by Crippen LogP contribution is 2.22. The lowest BCUT2D eigenvalue weighted by molar-refractivity contribution is 0.630. The van der Waals surface area contributed by atoms with Gasteiger partial charge in [-0.25, -0.2) is 14.4 Å². The Labute approximate surface area is 95.3 Å².